The summed E-state index contributed by atoms with van der Waals surface area (Å²) in [6, 6.07) is 0. The zero-order chi connectivity index (χ0) is 9.84. The third-order valence-electron chi connectivity index (χ3n) is 2.13. The molecule has 1 saturated heterocycles. The van der Waals surface area contributed by atoms with Gasteiger partial charge in [-0.2, -0.15) is 0 Å². The normalized spacial score (nSPS) is 18.3. The standard InChI is InChI=1S/C8H13BrN2O2/c1-2-10-5-6-11(4-3-9)8(13)7(10)12/h2-6H2,1H3. The maximum atomic E-state index is 11.4. The van der Waals surface area contributed by atoms with Crippen LogP contribution in [0, 0.1) is 0 Å². The summed E-state index contributed by atoms with van der Waals surface area (Å²) in [6.07, 6.45) is 0. The van der Waals surface area contributed by atoms with E-state index in [1.807, 2.05) is 6.92 Å². The lowest BCUT2D eigenvalue weighted by atomic mass is 10.3. The van der Waals surface area contributed by atoms with Crippen LogP contribution in [-0.4, -0.2) is 53.1 Å². The van der Waals surface area contributed by atoms with E-state index in [0.717, 1.165) is 5.33 Å². The summed E-state index contributed by atoms with van der Waals surface area (Å²) in [4.78, 5) is 25.9. The Morgan fingerprint density at radius 1 is 1.23 bits per heavy atom. The van der Waals surface area contributed by atoms with E-state index in [2.05, 4.69) is 15.9 Å². The Balaban J connectivity index is 2.59. The van der Waals surface area contributed by atoms with E-state index in [4.69, 9.17) is 0 Å². The first kappa shape index (κ1) is 10.5. The summed E-state index contributed by atoms with van der Waals surface area (Å²) in [7, 11) is 0. The van der Waals surface area contributed by atoms with Gasteiger partial charge in [-0.1, -0.05) is 15.9 Å². The molecule has 0 radical (unpaired) electrons. The number of carbonyl (C=O) groups is 2. The molecule has 1 fully saturated rings. The van der Waals surface area contributed by atoms with Gasteiger partial charge in [0.15, 0.2) is 0 Å². The molecule has 0 aromatic carbocycles. The van der Waals surface area contributed by atoms with Crippen molar-refractivity contribution in [3.8, 4) is 0 Å². The second-order valence-corrected chi connectivity index (χ2v) is 3.66. The highest BCUT2D eigenvalue weighted by Crippen LogP contribution is 2.04. The number of carbonyl (C=O) groups excluding carboxylic acids is 2. The molecule has 0 saturated carbocycles. The van der Waals surface area contributed by atoms with E-state index in [1.165, 1.54) is 0 Å². The van der Waals surface area contributed by atoms with E-state index in [9.17, 15) is 9.59 Å². The number of rotatable bonds is 3. The van der Waals surface area contributed by atoms with Crippen molar-refractivity contribution in [2.24, 2.45) is 0 Å². The van der Waals surface area contributed by atoms with Crippen molar-refractivity contribution in [2.45, 2.75) is 6.92 Å². The number of halogens is 1. The van der Waals surface area contributed by atoms with Crippen LogP contribution < -0.4 is 0 Å². The van der Waals surface area contributed by atoms with E-state index in [1.54, 1.807) is 9.80 Å². The molecular formula is C8H13BrN2O2. The second-order valence-electron chi connectivity index (χ2n) is 2.87. The first-order valence-electron chi connectivity index (χ1n) is 4.34. The van der Waals surface area contributed by atoms with Crippen molar-refractivity contribution in [1.82, 2.24) is 9.80 Å². The summed E-state index contributed by atoms with van der Waals surface area (Å²) < 4.78 is 0. The number of nitrogens with zero attached hydrogens (tertiary/aromatic N) is 2. The summed E-state index contributed by atoms with van der Waals surface area (Å²) in [5, 5.41) is 0.720. The molecule has 0 aromatic rings. The van der Waals surface area contributed by atoms with Crippen LogP contribution in [-0.2, 0) is 9.59 Å². The number of hydrogen-bond acceptors (Lipinski definition) is 2. The maximum absolute atomic E-state index is 11.4. The van der Waals surface area contributed by atoms with Gasteiger partial charge < -0.3 is 9.80 Å². The van der Waals surface area contributed by atoms with Crippen LogP contribution in [0.5, 0.6) is 0 Å². The van der Waals surface area contributed by atoms with Gasteiger partial charge in [0.1, 0.15) is 0 Å². The number of hydrogen-bond donors (Lipinski definition) is 0. The molecule has 1 heterocycles. The average Bonchev–Trinajstić information content (AvgIpc) is 2.14. The Kier molecular flexibility index (Phi) is 3.71. The average molecular weight is 249 g/mol. The Morgan fingerprint density at radius 2 is 1.77 bits per heavy atom. The number of alkyl halides is 1. The fourth-order valence-corrected chi connectivity index (χ4v) is 1.76. The summed E-state index contributed by atoms with van der Waals surface area (Å²) in [6.45, 7) is 4.43. The van der Waals surface area contributed by atoms with Gasteiger partial charge in [0.25, 0.3) is 0 Å². The van der Waals surface area contributed by atoms with Gasteiger partial charge in [0.05, 0.1) is 0 Å². The molecule has 0 N–H and O–H groups in total. The Bertz CT molecular complexity index is 220. The molecule has 1 aliphatic rings. The minimum Gasteiger partial charge on any atom is -0.333 e. The summed E-state index contributed by atoms with van der Waals surface area (Å²) in [5.74, 6) is -0.734. The first-order chi connectivity index (χ1) is 6.20. The Hall–Kier alpha value is -0.580. The molecule has 2 amide bonds. The van der Waals surface area contributed by atoms with Crippen LogP contribution in [0.25, 0.3) is 0 Å². The van der Waals surface area contributed by atoms with Gasteiger partial charge >= 0.3 is 11.8 Å². The smallest absolute Gasteiger partial charge is 0.312 e. The monoisotopic (exact) mass is 248 g/mol. The summed E-state index contributed by atoms with van der Waals surface area (Å²) in [5.41, 5.74) is 0. The Labute approximate surface area is 86.0 Å². The third-order valence-corrected chi connectivity index (χ3v) is 2.49. The predicted octanol–water partition coefficient (Wildman–Crippen LogP) is 0.0720. The summed E-state index contributed by atoms with van der Waals surface area (Å²) >= 11 is 3.25. The Morgan fingerprint density at radius 3 is 2.31 bits per heavy atom. The van der Waals surface area contributed by atoms with Crippen molar-refractivity contribution < 1.29 is 9.59 Å². The number of piperazine rings is 1. The molecule has 13 heavy (non-hydrogen) atoms. The van der Waals surface area contributed by atoms with Crippen LogP contribution in [0.15, 0.2) is 0 Å². The fourth-order valence-electron chi connectivity index (χ4n) is 1.33. The lowest BCUT2D eigenvalue weighted by Gasteiger charge is -2.32. The zero-order valence-electron chi connectivity index (χ0n) is 7.62. The van der Waals surface area contributed by atoms with Gasteiger partial charge in [0.2, 0.25) is 0 Å². The van der Waals surface area contributed by atoms with Crippen LogP contribution in [0.3, 0.4) is 0 Å². The SMILES string of the molecule is CCN1CCN(CCBr)C(=O)C1=O. The topological polar surface area (TPSA) is 40.6 Å². The predicted molar refractivity (Wildman–Crippen MR) is 52.6 cm³/mol. The molecule has 0 atom stereocenters. The highest BCUT2D eigenvalue weighted by Gasteiger charge is 2.30. The maximum Gasteiger partial charge on any atom is 0.312 e. The molecule has 0 aromatic heterocycles. The highest BCUT2D eigenvalue weighted by molar-refractivity contribution is 9.09. The quantitative estimate of drug-likeness (QED) is 0.524. The van der Waals surface area contributed by atoms with E-state index in [-0.39, 0.29) is 11.8 Å². The molecule has 5 heteroatoms. The molecule has 0 unspecified atom stereocenters. The van der Waals surface area contributed by atoms with E-state index in [0.29, 0.717) is 26.2 Å². The van der Waals surface area contributed by atoms with Crippen LogP contribution in [0.1, 0.15) is 6.92 Å². The minimum absolute atomic E-state index is 0.366. The number of amides is 2. The van der Waals surface area contributed by atoms with Gasteiger partial charge in [-0.15, -0.1) is 0 Å². The molecule has 74 valence electrons. The first-order valence-corrected chi connectivity index (χ1v) is 5.47. The van der Waals surface area contributed by atoms with Crippen molar-refractivity contribution in [2.75, 3.05) is 31.5 Å². The minimum atomic E-state index is -0.368. The fraction of sp³-hybridized carbons (Fsp3) is 0.750. The van der Waals surface area contributed by atoms with Gasteiger partial charge in [0, 0.05) is 31.5 Å². The van der Waals surface area contributed by atoms with Gasteiger partial charge in [-0.3, -0.25) is 9.59 Å². The molecule has 0 bridgehead atoms. The largest absolute Gasteiger partial charge is 0.333 e. The van der Waals surface area contributed by atoms with Crippen LogP contribution in [0.4, 0.5) is 0 Å². The molecule has 4 nitrogen and oxygen atoms in total. The van der Waals surface area contributed by atoms with Crippen molar-refractivity contribution in [3.63, 3.8) is 0 Å². The number of likely N-dealkylation sites (N-methyl/N-ethyl adjacent to an activating group) is 1. The lowest BCUT2D eigenvalue weighted by Crippen LogP contribution is -2.54. The van der Waals surface area contributed by atoms with Gasteiger partial charge in [-0.25, -0.2) is 0 Å². The molecule has 0 aliphatic carbocycles. The zero-order valence-corrected chi connectivity index (χ0v) is 9.21. The molecular weight excluding hydrogens is 236 g/mol. The molecule has 1 aliphatic heterocycles. The van der Waals surface area contributed by atoms with E-state index < -0.39 is 0 Å². The van der Waals surface area contributed by atoms with Gasteiger partial charge in [-0.05, 0) is 6.92 Å². The van der Waals surface area contributed by atoms with Crippen molar-refractivity contribution in [3.05, 3.63) is 0 Å². The van der Waals surface area contributed by atoms with Crippen molar-refractivity contribution >= 4 is 27.7 Å². The third kappa shape index (κ3) is 2.21. The highest BCUT2D eigenvalue weighted by atomic mass is 79.9. The second kappa shape index (κ2) is 4.60. The molecule has 0 spiro atoms. The molecule has 1 rings (SSSR count). The van der Waals surface area contributed by atoms with Crippen molar-refractivity contribution in [1.29, 1.82) is 0 Å². The van der Waals surface area contributed by atoms with Crippen LogP contribution >= 0.6 is 15.9 Å². The van der Waals surface area contributed by atoms with E-state index >= 15 is 0 Å². The van der Waals surface area contributed by atoms with Crippen LogP contribution in [0.2, 0.25) is 0 Å². The lowest BCUT2D eigenvalue weighted by molar-refractivity contribution is -0.155.